The van der Waals surface area contributed by atoms with Crippen molar-refractivity contribution in [1.82, 2.24) is 4.90 Å². The summed E-state index contributed by atoms with van der Waals surface area (Å²) in [6.07, 6.45) is 45.3. The first-order valence-electron chi connectivity index (χ1n) is 26.8. The first-order chi connectivity index (χ1) is 29.7. The number of unbranched alkanes of at least 4 members (excludes halogenated alkanes) is 10. The topological polar surface area (TPSA) is 40.2 Å². The number of rotatable bonds is 31. The van der Waals surface area contributed by atoms with E-state index in [0.717, 1.165) is 114 Å². The molecule has 0 radical (unpaired) electrons. The zero-order valence-electron chi connectivity index (χ0n) is 41.1. The van der Waals surface area contributed by atoms with Crippen LogP contribution >= 0.6 is 0 Å². The Bertz CT molecular complexity index is 1250. The number of ether oxygens (including phenoxy) is 4. The Kier molecular flexibility index (Phi) is 23.5. The molecule has 0 aromatic rings. The van der Waals surface area contributed by atoms with Gasteiger partial charge in [0.15, 0.2) is 0 Å². The minimum Gasteiger partial charge on any atom is -0.379 e. The second-order valence-electron chi connectivity index (χ2n) is 21.8. The van der Waals surface area contributed by atoms with Crippen LogP contribution < -0.4 is 0 Å². The van der Waals surface area contributed by atoms with Gasteiger partial charge in [-0.15, -0.1) is 0 Å². The van der Waals surface area contributed by atoms with E-state index in [2.05, 4.69) is 76.8 Å². The Balaban J connectivity index is 0.927. The molecule has 4 aliphatic carbocycles. The van der Waals surface area contributed by atoms with Crippen LogP contribution in [0.3, 0.4) is 0 Å². The number of hydrogen-bond acceptors (Lipinski definition) is 5. The molecule has 4 unspecified atom stereocenters. The highest BCUT2D eigenvalue weighted by molar-refractivity contribution is 5.25. The highest BCUT2D eigenvalue weighted by atomic mass is 16.5. The molecule has 0 spiro atoms. The predicted molar refractivity (Wildman–Crippen MR) is 259 cm³/mol. The summed E-state index contributed by atoms with van der Waals surface area (Å²) in [5.41, 5.74) is 2.73. The molecular weight excluding hydrogens is 751 g/mol. The van der Waals surface area contributed by atoms with Crippen molar-refractivity contribution in [1.29, 1.82) is 0 Å². The van der Waals surface area contributed by atoms with Crippen LogP contribution in [0.25, 0.3) is 0 Å². The lowest BCUT2D eigenvalue weighted by Gasteiger charge is -2.58. The van der Waals surface area contributed by atoms with Crippen molar-refractivity contribution in [2.24, 2.45) is 46.3 Å². The molecule has 5 rings (SSSR count). The Morgan fingerprint density at radius 3 is 2.25 bits per heavy atom. The second kappa shape index (κ2) is 28.1. The predicted octanol–water partition coefficient (Wildman–Crippen LogP) is 14.7. The van der Waals surface area contributed by atoms with Gasteiger partial charge in [0.1, 0.15) is 0 Å². The third-order valence-electron chi connectivity index (χ3n) is 16.9. The SMILES string of the molecule is CCCCC/C=C\C/C=C\CCCCCCCCOCC(CN1CCOCC1)OCCCCO[C@H]1CC[C@@]2(C)C(=CCC3C2CC[C@@]2(C)C3CC[C@@H]2[C@H](C)CCCC(C)C)C1. The largest absolute Gasteiger partial charge is 0.379 e. The molecule has 0 N–H and O–H groups in total. The highest BCUT2D eigenvalue weighted by Crippen LogP contribution is 2.67. The van der Waals surface area contributed by atoms with Crippen molar-refractivity contribution in [3.05, 3.63) is 36.0 Å². The summed E-state index contributed by atoms with van der Waals surface area (Å²) in [7, 11) is 0. The van der Waals surface area contributed by atoms with Gasteiger partial charge in [0.2, 0.25) is 0 Å². The molecule has 1 aliphatic heterocycles. The minimum atomic E-state index is 0.132. The van der Waals surface area contributed by atoms with E-state index in [1.54, 1.807) is 5.57 Å². The molecule has 4 fully saturated rings. The summed E-state index contributed by atoms with van der Waals surface area (Å²) in [5, 5.41) is 0. The molecule has 1 saturated heterocycles. The summed E-state index contributed by atoms with van der Waals surface area (Å²) < 4.78 is 25.0. The van der Waals surface area contributed by atoms with Gasteiger partial charge in [0.05, 0.1) is 32.0 Å². The van der Waals surface area contributed by atoms with Gasteiger partial charge < -0.3 is 18.9 Å². The van der Waals surface area contributed by atoms with E-state index in [4.69, 9.17) is 18.9 Å². The first kappa shape index (κ1) is 51.0. The summed E-state index contributed by atoms with van der Waals surface area (Å²) in [6, 6.07) is 0. The number of fused-ring (bicyclic) bond motifs is 5. The average molecular weight is 850 g/mol. The summed E-state index contributed by atoms with van der Waals surface area (Å²) in [6.45, 7) is 22.9. The fraction of sp³-hybridized carbons (Fsp3) is 0.893. The molecule has 61 heavy (non-hydrogen) atoms. The lowest BCUT2D eigenvalue weighted by molar-refractivity contribution is -0.0654. The molecule has 1 heterocycles. The number of hydrogen-bond donors (Lipinski definition) is 0. The summed E-state index contributed by atoms with van der Waals surface area (Å²) in [5.74, 6) is 5.41. The third kappa shape index (κ3) is 16.4. The molecule has 0 bridgehead atoms. The van der Waals surface area contributed by atoms with E-state index in [1.165, 1.54) is 135 Å². The fourth-order valence-electron chi connectivity index (χ4n) is 13.1. The molecule has 5 aliphatic rings. The van der Waals surface area contributed by atoms with Gasteiger partial charge in [-0.25, -0.2) is 0 Å². The fourth-order valence-corrected chi connectivity index (χ4v) is 13.1. The molecule has 0 aromatic carbocycles. The van der Waals surface area contributed by atoms with Gasteiger partial charge in [0, 0.05) is 39.5 Å². The smallest absolute Gasteiger partial charge is 0.0934 e. The maximum absolute atomic E-state index is 6.64. The van der Waals surface area contributed by atoms with E-state index < -0.39 is 0 Å². The maximum atomic E-state index is 6.64. The lowest BCUT2D eigenvalue weighted by Crippen LogP contribution is -2.51. The van der Waals surface area contributed by atoms with Crippen LogP contribution in [0.15, 0.2) is 36.0 Å². The van der Waals surface area contributed by atoms with Crippen molar-refractivity contribution >= 4 is 0 Å². The van der Waals surface area contributed by atoms with Crippen molar-refractivity contribution < 1.29 is 18.9 Å². The second-order valence-corrected chi connectivity index (χ2v) is 21.8. The molecule has 352 valence electrons. The van der Waals surface area contributed by atoms with Crippen LogP contribution in [0.4, 0.5) is 0 Å². The number of nitrogens with zero attached hydrogens (tertiary/aromatic N) is 1. The van der Waals surface area contributed by atoms with E-state index in [0.29, 0.717) is 23.5 Å². The number of morpholine rings is 1. The van der Waals surface area contributed by atoms with Gasteiger partial charge >= 0.3 is 0 Å². The molecule has 9 atom stereocenters. The molecule has 5 nitrogen and oxygen atoms in total. The zero-order valence-corrected chi connectivity index (χ0v) is 41.1. The quantitative estimate of drug-likeness (QED) is 0.0513. The Labute approximate surface area is 378 Å². The van der Waals surface area contributed by atoms with E-state index in [9.17, 15) is 0 Å². The Hall–Kier alpha value is -0.980. The minimum absolute atomic E-state index is 0.132. The zero-order chi connectivity index (χ0) is 43.2. The van der Waals surface area contributed by atoms with E-state index in [-0.39, 0.29) is 6.10 Å². The first-order valence-corrected chi connectivity index (χ1v) is 26.8. The van der Waals surface area contributed by atoms with E-state index in [1.807, 2.05) is 0 Å². The van der Waals surface area contributed by atoms with Crippen LogP contribution in [0.1, 0.15) is 202 Å². The van der Waals surface area contributed by atoms with Crippen molar-refractivity contribution in [2.45, 2.75) is 214 Å². The summed E-state index contributed by atoms with van der Waals surface area (Å²) >= 11 is 0. The van der Waals surface area contributed by atoms with Gasteiger partial charge in [-0.3, -0.25) is 4.90 Å². The third-order valence-corrected chi connectivity index (χ3v) is 16.9. The average Bonchev–Trinajstić information content (AvgIpc) is 3.62. The highest BCUT2D eigenvalue weighted by Gasteiger charge is 2.59. The van der Waals surface area contributed by atoms with Gasteiger partial charge in [-0.05, 0) is 149 Å². The standard InChI is InChI=1S/C56H99NO4/c1-7-8-9-10-11-12-13-14-15-16-17-18-19-20-21-22-38-59-45-50(44-57-36-41-58-42-37-57)61-40-24-23-39-60-49-32-34-55(5)48(43-49)28-29-51-53-31-30-52(47(4)27-25-26-46(2)3)56(53,6)35-33-54(51)55/h11-12,14-15,28,46-47,49-54H,7-10,13,16-27,29-45H2,1-6H3/b12-11-,15-14-/t47-,49+,50?,51?,52-,53?,54?,55+,56-/m1/s1. The van der Waals surface area contributed by atoms with Crippen molar-refractivity contribution in [3.63, 3.8) is 0 Å². The number of allylic oxidation sites excluding steroid dienone is 5. The van der Waals surface area contributed by atoms with Crippen LogP contribution in [-0.4, -0.2) is 76.4 Å². The van der Waals surface area contributed by atoms with E-state index >= 15 is 0 Å². The van der Waals surface area contributed by atoms with Crippen molar-refractivity contribution in [2.75, 3.05) is 59.3 Å². The molecule has 0 aromatic heterocycles. The molecule has 5 heteroatoms. The van der Waals surface area contributed by atoms with Crippen LogP contribution in [0.2, 0.25) is 0 Å². The Morgan fingerprint density at radius 1 is 0.754 bits per heavy atom. The Morgan fingerprint density at radius 2 is 1.48 bits per heavy atom. The lowest BCUT2D eigenvalue weighted by atomic mass is 9.47. The van der Waals surface area contributed by atoms with Crippen LogP contribution in [0.5, 0.6) is 0 Å². The maximum Gasteiger partial charge on any atom is 0.0934 e. The van der Waals surface area contributed by atoms with Gasteiger partial charge in [-0.1, -0.05) is 135 Å². The van der Waals surface area contributed by atoms with Gasteiger partial charge in [0.25, 0.3) is 0 Å². The summed E-state index contributed by atoms with van der Waals surface area (Å²) in [4.78, 5) is 2.49. The normalized spacial score (nSPS) is 30.5. The molecular formula is C56H99NO4. The van der Waals surface area contributed by atoms with Crippen LogP contribution in [-0.2, 0) is 18.9 Å². The van der Waals surface area contributed by atoms with Crippen molar-refractivity contribution in [3.8, 4) is 0 Å². The van der Waals surface area contributed by atoms with Gasteiger partial charge in [-0.2, -0.15) is 0 Å². The molecule has 0 amide bonds. The molecule has 3 saturated carbocycles. The van der Waals surface area contributed by atoms with Crippen LogP contribution in [0, 0.1) is 46.3 Å². The monoisotopic (exact) mass is 850 g/mol.